The zero-order valence-electron chi connectivity index (χ0n) is 12.7. The van der Waals surface area contributed by atoms with Gasteiger partial charge in [0.05, 0.1) is 27.1 Å². The largest absolute Gasteiger partial charge is 0.288 e. The van der Waals surface area contributed by atoms with Crippen molar-refractivity contribution in [2.45, 2.75) is 42.1 Å². The number of nitrogens with zero attached hydrogens (tertiary/aromatic N) is 4. The van der Waals surface area contributed by atoms with E-state index in [4.69, 9.17) is 0 Å². The SMILES string of the molecule is O=c1c(Cc2nccs2)cc2cnc3nc2n1C1CCCC1S3=O. The molecule has 1 saturated carbocycles. The van der Waals surface area contributed by atoms with E-state index in [1.54, 1.807) is 28.3 Å². The van der Waals surface area contributed by atoms with Crippen molar-refractivity contribution in [1.82, 2.24) is 19.5 Å². The highest BCUT2D eigenvalue weighted by molar-refractivity contribution is 7.85. The summed E-state index contributed by atoms with van der Waals surface area (Å²) in [5.41, 5.74) is 1.29. The number of rotatable bonds is 2. The molecule has 6 nitrogen and oxygen atoms in total. The van der Waals surface area contributed by atoms with Gasteiger partial charge >= 0.3 is 0 Å². The second-order valence-corrected chi connectivity index (χ2v) is 8.76. The summed E-state index contributed by atoms with van der Waals surface area (Å²) in [5.74, 6) is 0. The predicted molar refractivity (Wildman–Crippen MR) is 91.8 cm³/mol. The Balaban J connectivity index is 1.78. The minimum Gasteiger partial charge on any atom is -0.288 e. The third-order valence-electron chi connectivity index (χ3n) is 4.85. The molecule has 5 rings (SSSR count). The minimum absolute atomic E-state index is 0.0295. The van der Waals surface area contributed by atoms with Gasteiger partial charge < -0.3 is 0 Å². The molecule has 1 aliphatic heterocycles. The van der Waals surface area contributed by atoms with Gasteiger partial charge in [-0.1, -0.05) is 6.42 Å². The fourth-order valence-electron chi connectivity index (χ4n) is 3.78. The number of pyridine rings is 1. The minimum atomic E-state index is -1.25. The Kier molecular flexibility index (Phi) is 3.18. The fraction of sp³-hybridized carbons (Fsp3) is 0.375. The van der Waals surface area contributed by atoms with Crippen molar-refractivity contribution in [3.63, 3.8) is 0 Å². The molecule has 1 aliphatic carbocycles. The topological polar surface area (TPSA) is 77.7 Å². The summed E-state index contributed by atoms with van der Waals surface area (Å²) in [6.07, 6.45) is 6.65. The molecule has 0 amide bonds. The molecule has 0 aromatic carbocycles. The number of aromatic nitrogens is 4. The van der Waals surface area contributed by atoms with Gasteiger partial charge in [0, 0.05) is 35.1 Å². The van der Waals surface area contributed by atoms with Crippen molar-refractivity contribution >= 4 is 33.2 Å². The lowest BCUT2D eigenvalue weighted by molar-refractivity contribution is 0.518. The lowest BCUT2D eigenvalue weighted by atomic mass is 10.1. The Morgan fingerprint density at radius 2 is 2.25 bits per heavy atom. The van der Waals surface area contributed by atoms with Crippen LogP contribution in [0, 0.1) is 0 Å². The van der Waals surface area contributed by atoms with Crippen LogP contribution in [0.3, 0.4) is 0 Å². The van der Waals surface area contributed by atoms with E-state index in [9.17, 15) is 9.00 Å². The summed E-state index contributed by atoms with van der Waals surface area (Å²) in [4.78, 5) is 26.2. The molecule has 24 heavy (non-hydrogen) atoms. The second-order valence-electron chi connectivity index (χ2n) is 6.21. The average molecular weight is 358 g/mol. The zero-order valence-corrected chi connectivity index (χ0v) is 14.3. The molecular weight excluding hydrogens is 344 g/mol. The van der Waals surface area contributed by atoms with Crippen molar-refractivity contribution < 1.29 is 4.21 Å². The Labute approximate surface area is 144 Å². The number of thiazole rings is 1. The van der Waals surface area contributed by atoms with Crippen LogP contribution < -0.4 is 5.56 Å². The first-order valence-electron chi connectivity index (χ1n) is 7.92. The first kappa shape index (κ1) is 14.4. The van der Waals surface area contributed by atoms with E-state index >= 15 is 0 Å². The Hall–Kier alpha value is -1.93. The van der Waals surface area contributed by atoms with Crippen molar-refractivity contribution in [3.8, 4) is 0 Å². The fourth-order valence-corrected chi connectivity index (χ4v) is 5.95. The van der Waals surface area contributed by atoms with Crippen LogP contribution in [-0.4, -0.2) is 29.0 Å². The lowest BCUT2D eigenvalue weighted by Crippen LogP contribution is -2.32. The van der Waals surface area contributed by atoms with Crippen molar-refractivity contribution in [2.24, 2.45) is 0 Å². The van der Waals surface area contributed by atoms with Crippen LogP contribution in [0.1, 0.15) is 35.9 Å². The molecule has 4 heterocycles. The van der Waals surface area contributed by atoms with E-state index in [2.05, 4.69) is 15.0 Å². The molecule has 0 radical (unpaired) electrons. The van der Waals surface area contributed by atoms with Crippen molar-refractivity contribution in [2.75, 3.05) is 0 Å². The Bertz CT molecular complexity index is 1030. The molecule has 122 valence electrons. The second kappa shape index (κ2) is 5.29. The molecule has 0 spiro atoms. The monoisotopic (exact) mass is 358 g/mol. The van der Waals surface area contributed by atoms with Crippen molar-refractivity contribution in [1.29, 1.82) is 0 Å². The van der Waals surface area contributed by atoms with Gasteiger partial charge in [0.25, 0.3) is 5.56 Å². The molecule has 1 fully saturated rings. The van der Waals surface area contributed by atoms with Gasteiger partial charge in [0.2, 0.25) is 5.16 Å². The van der Waals surface area contributed by atoms with Crippen molar-refractivity contribution in [3.05, 3.63) is 44.8 Å². The zero-order chi connectivity index (χ0) is 16.3. The molecule has 8 heteroatoms. The maximum absolute atomic E-state index is 13.2. The molecule has 2 aliphatic rings. The van der Waals surface area contributed by atoms with Crippen LogP contribution in [0.4, 0.5) is 0 Å². The van der Waals surface area contributed by atoms with Crippen LogP contribution >= 0.6 is 11.3 Å². The molecule has 3 aromatic heterocycles. The summed E-state index contributed by atoms with van der Waals surface area (Å²) in [5, 5.41) is 3.94. The quantitative estimate of drug-likeness (QED) is 0.655. The third-order valence-corrected chi connectivity index (χ3v) is 7.29. The predicted octanol–water partition coefficient (Wildman–Crippen LogP) is 2.05. The Morgan fingerprint density at radius 3 is 3.08 bits per heavy atom. The summed E-state index contributed by atoms with van der Waals surface area (Å²) in [7, 11) is -1.25. The summed E-state index contributed by atoms with van der Waals surface area (Å²) < 4.78 is 14.5. The molecule has 3 aromatic rings. The van der Waals surface area contributed by atoms with E-state index in [-0.39, 0.29) is 16.9 Å². The number of fused-ring (bicyclic) bond motifs is 3. The molecular formula is C16H14N4O2S2. The standard InChI is InChI=1S/C16H14N4O2S2/c21-15-9(7-13-17-4-5-23-13)6-10-8-18-16-19-14(10)20(15)11-2-1-3-12(11)24(16)22/h4-6,8,11-12H,1-3,7H2. The summed E-state index contributed by atoms with van der Waals surface area (Å²) >= 11 is 1.54. The highest BCUT2D eigenvalue weighted by atomic mass is 32.2. The highest BCUT2D eigenvalue weighted by Crippen LogP contribution is 2.38. The molecule has 0 saturated heterocycles. The van der Waals surface area contributed by atoms with Gasteiger partial charge in [0.1, 0.15) is 5.65 Å². The van der Waals surface area contributed by atoms with E-state index in [1.807, 2.05) is 11.4 Å². The van der Waals surface area contributed by atoms with Crippen LogP contribution in [0.25, 0.3) is 11.0 Å². The Morgan fingerprint density at radius 1 is 1.33 bits per heavy atom. The molecule has 2 bridgehead atoms. The first-order chi connectivity index (χ1) is 11.7. The number of hydrogen-bond donors (Lipinski definition) is 0. The lowest BCUT2D eigenvalue weighted by Gasteiger charge is -2.19. The normalized spacial score (nSPS) is 25.1. The van der Waals surface area contributed by atoms with Gasteiger partial charge in [-0.15, -0.1) is 11.3 Å². The molecule has 0 N–H and O–H groups in total. The first-order valence-corrected chi connectivity index (χ1v) is 10.0. The van der Waals surface area contributed by atoms with E-state index in [0.29, 0.717) is 22.8 Å². The van der Waals surface area contributed by atoms with Gasteiger partial charge in [0.15, 0.2) is 0 Å². The van der Waals surface area contributed by atoms with Crippen LogP contribution in [0.5, 0.6) is 0 Å². The summed E-state index contributed by atoms with van der Waals surface area (Å²) in [6.45, 7) is 0. The van der Waals surface area contributed by atoms with Gasteiger partial charge in [-0.2, -0.15) is 0 Å². The number of hydrogen-bond acceptors (Lipinski definition) is 6. The van der Waals surface area contributed by atoms with E-state index < -0.39 is 10.8 Å². The van der Waals surface area contributed by atoms with Gasteiger partial charge in [-0.05, 0) is 18.9 Å². The maximum atomic E-state index is 13.2. The smallest absolute Gasteiger partial charge is 0.256 e. The van der Waals surface area contributed by atoms with Gasteiger partial charge in [-0.3, -0.25) is 13.6 Å². The van der Waals surface area contributed by atoms with Crippen LogP contribution in [0.15, 0.2) is 33.8 Å². The van der Waals surface area contributed by atoms with Crippen LogP contribution in [-0.2, 0) is 17.2 Å². The summed E-state index contributed by atoms with van der Waals surface area (Å²) in [6, 6.07) is 1.81. The third kappa shape index (κ3) is 2.02. The van der Waals surface area contributed by atoms with E-state index in [1.165, 1.54) is 0 Å². The van der Waals surface area contributed by atoms with Crippen LogP contribution in [0.2, 0.25) is 0 Å². The average Bonchev–Trinajstić information content (AvgIpc) is 3.24. The molecule has 3 unspecified atom stereocenters. The van der Waals surface area contributed by atoms with E-state index in [0.717, 1.165) is 29.7 Å². The molecule has 3 atom stereocenters. The highest BCUT2D eigenvalue weighted by Gasteiger charge is 2.39. The van der Waals surface area contributed by atoms with Gasteiger partial charge in [-0.25, -0.2) is 15.0 Å². The maximum Gasteiger partial charge on any atom is 0.256 e.